The van der Waals surface area contributed by atoms with Gasteiger partial charge in [-0.25, -0.2) is 4.98 Å². The van der Waals surface area contributed by atoms with Crippen LogP contribution in [0.15, 0.2) is 42.6 Å². The molecule has 1 N–H and O–H groups in total. The number of aromatic nitrogens is 1. The second kappa shape index (κ2) is 6.58. The lowest BCUT2D eigenvalue weighted by Gasteiger charge is -2.25. The highest BCUT2D eigenvalue weighted by atomic mass is 35.5. The Morgan fingerprint density at radius 2 is 1.88 bits per heavy atom. The fraction of sp³-hybridized carbons (Fsp3) is 0.429. The number of ketones is 1. The normalized spacial score (nSPS) is 26.7. The van der Waals surface area contributed by atoms with Gasteiger partial charge >= 0.3 is 0 Å². The molecule has 4 rings (SSSR count). The van der Waals surface area contributed by atoms with Gasteiger partial charge in [-0.2, -0.15) is 0 Å². The number of hydrogen-bond donors (Lipinski definition) is 1. The van der Waals surface area contributed by atoms with Crippen LogP contribution in [0.1, 0.15) is 39.0 Å². The van der Waals surface area contributed by atoms with E-state index in [0.29, 0.717) is 33.5 Å². The Morgan fingerprint density at radius 3 is 2.58 bits per heavy atom. The van der Waals surface area contributed by atoms with E-state index >= 15 is 0 Å². The van der Waals surface area contributed by atoms with E-state index in [9.17, 15) is 4.79 Å². The molecule has 2 aliphatic carbocycles. The number of anilines is 1. The number of carbonyl (C=O) groups is 1. The topological polar surface area (TPSA) is 51.2 Å². The number of para-hydroxylation sites is 1. The summed E-state index contributed by atoms with van der Waals surface area (Å²) in [4.78, 5) is 17.3. The van der Waals surface area contributed by atoms with Gasteiger partial charge in [0.2, 0.25) is 0 Å². The maximum atomic E-state index is 12.9. The fourth-order valence-corrected chi connectivity index (χ4v) is 4.66. The van der Waals surface area contributed by atoms with E-state index < -0.39 is 0 Å². The van der Waals surface area contributed by atoms with Gasteiger partial charge in [0.1, 0.15) is 5.75 Å². The third kappa shape index (κ3) is 3.18. The number of nitrogens with zero attached hydrogens (tertiary/aromatic N) is 1. The number of ether oxygens (including phenoxy) is 1. The molecule has 26 heavy (non-hydrogen) atoms. The van der Waals surface area contributed by atoms with Crippen LogP contribution in [0, 0.1) is 10.8 Å². The summed E-state index contributed by atoms with van der Waals surface area (Å²) in [5, 5.41) is 3.73. The zero-order chi connectivity index (χ0) is 18.2. The molecule has 1 heterocycles. The van der Waals surface area contributed by atoms with E-state index in [4.69, 9.17) is 16.3 Å². The number of carbonyl (C=O) groups excluding carboxylic acids is 1. The summed E-state index contributed by atoms with van der Waals surface area (Å²) in [6, 6.07) is 10.9. The summed E-state index contributed by atoms with van der Waals surface area (Å²) in [5.74, 6) is 2.00. The number of Topliss-reactive ketones (excluding diaryl/α,β-unsaturated/α-hetero) is 1. The first-order valence-corrected chi connectivity index (χ1v) is 9.52. The molecule has 0 amide bonds. The molecule has 0 atom stereocenters. The number of benzene rings is 1. The van der Waals surface area contributed by atoms with E-state index in [1.165, 1.54) is 12.8 Å². The van der Waals surface area contributed by atoms with Crippen LogP contribution < -0.4 is 10.1 Å². The first kappa shape index (κ1) is 17.3. The minimum absolute atomic E-state index is 0.125. The molecule has 0 radical (unpaired) electrons. The summed E-state index contributed by atoms with van der Waals surface area (Å²) < 4.78 is 5.91. The molecule has 1 aromatic heterocycles. The Balaban J connectivity index is 1.46. The van der Waals surface area contributed by atoms with Gasteiger partial charge in [0.05, 0.1) is 11.6 Å². The van der Waals surface area contributed by atoms with Gasteiger partial charge in [-0.15, -0.1) is 0 Å². The smallest absolute Gasteiger partial charge is 0.169 e. The average molecular weight is 371 g/mol. The number of fused-ring (bicyclic) bond motifs is 2. The maximum absolute atomic E-state index is 12.9. The lowest BCUT2D eigenvalue weighted by atomic mass is 9.79. The lowest BCUT2D eigenvalue weighted by Crippen LogP contribution is -2.32. The van der Waals surface area contributed by atoms with Crippen LogP contribution in [-0.2, 0) is 4.79 Å². The molecule has 5 heteroatoms. The highest BCUT2D eigenvalue weighted by Gasteiger charge is 2.55. The molecule has 2 bridgehead atoms. The van der Waals surface area contributed by atoms with E-state index in [1.807, 2.05) is 18.2 Å². The molecule has 136 valence electrons. The summed E-state index contributed by atoms with van der Waals surface area (Å²) >= 11 is 6.17. The van der Waals surface area contributed by atoms with Crippen molar-refractivity contribution in [3.05, 3.63) is 47.6 Å². The van der Waals surface area contributed by atoms with E-state index in [0.717, 1.165) is 19.3 Å². The van der Waals surface area contributed by atoms with Crippen molar-refractivity contribution in [2.45, 2.75) is 39.0 Å². The van der Waals surface area contributed by atoms with Crippen molar-refractivity contribution in [1.82, 2.24) is 4.98 Å². The minimum atomic E-state index is -0.125. The molecule has 4 nitrogen and oxygen atoms in total. The van der Waals surface area contributed by atoms with Crippen LogP contribution in [0.2, 0.25) is 5.02 Å². The van der Waals surface area contributed by atoms with E-state index in [-0.39, 0.29) is 12.0 Å². The largest absolute Gasteiger partial charge is 0.452 e. The van der Waals surface area contributed by atoms with Crippen LogP contribution in [0.3, 0.4) is 0 Å². The minimum Gasteiger partial charge on any atom is -0.452 e. The molecule has 2 saturated carbocycles. The number of pyridine rings is 1. The van der Waals surface area contributed by atoms with Crippen molar-refractivity contribution in [2.24, 2.45) is 10.8 Å². The molecule has 1 aromatic carbocycles. The molecule has 0 saturated heterocycles. The Bertz CT molecular complexity index is 828. The number of halogens is 1. The first-order valence-electron chi connectivity index (χ1n) is 9.14. The zero-order valence-corrected chi connectivity index (χ0v) is 15.7. The van der Waals surface area contributed by atoms with E-state index in [2.05, 4.69) is 17.2 Å². The fourth-order valence-electron chi connectivity index (χ4n) is 4.48. The van der Waals surface area contributed by atoms with Gasteiger partial charge in [-0.1, -0.05) is 30.7 Å². The third-order valence-electron chi connectivity index (χ3n) is 6.01. The zero-order valence-electron chi connectivity index (χ0n) is 14.9. The lowest BCUT2D eigenvalue weighted by molar-refractivity contribution is -0.126. The first-order chi connectivity index (χ1) is 12.5. The van der Waals surface area contributed by atoms with Crippen molar-refractivity contribution in [1.29, 1.82) is 0 Å². The standard InChI is InChI=1S/C21H23ClN2O2/c1-20-8-10-21(14-20,11-9-20)18(25)13-24-19-17(7-4-12-23-19)26-16-6-3-2-5-15(16)22/h2-7,12H,8-11,13-14H2,1H3,(H,23,24). The van der Waals surface area contributed by atoms with Crippen molar-refractivity contribution in [3.8, 4) is 11.5 Å². The van der Waals surface area contributed by atoms with Gasteiger partial charge in [0.15, 0.2) is 17.4 Å². The highest BCUT2D eigenvalue weighted by molar-refractivity contribution is 6.32. The summed E-state index contributed by atoms with van der Waals surface area (Å²) in [6.07, 6.45) is 7.11. The van der Waals surface area contributed by atoms with Gasteiger partial charge in [-0.3, -0.25) is 4.79 Å². The third-order valence-corrected chi connectivity index (χ3v) is 6.33. The predicted molar refractivity (Wildman–Crippen MR) is 103 cm³/mol. The van der Waals surface area contributed by atoms with Crippen LogP contribution in [0.25, 0.3) is 0 Å². The van der Waals surface area contributed by atoms with Crippen LogP contribution in [0.4, 0.5) is 5.82 Å². The van der Waals surface area contributed by atoms with Gasteiger partial charge in [-0.05, 0) is 61.8 Å². The van der Waals surface area contributed by atoms with Crippen molar-refractivity contribution in [3.63, 3.8) is 0 Å². The second-order valence-electron chi connectivity index (χ2n) is 7.93. The molecule has 0 aliphatic heterocycles. The van der Waals surface area contributed by atoms with Gasteiger partial charge in [0.25, 0.3) is 0 Å². The second-order valence-corrected chi connectivity index (χ2v) is 8.33. The molecule has 2 aromatic rings. The van der Waals surface area contributed by atoms with Crippen molar-refractivity contribution < 1.29 is 9.53 Å². The Hall–Kier alpha value is -2.07. The van der Waals surface area contributed by atoms with E-state index in [1.54, 1.807) is 24.4 Å². The maximum Gasteiger partial charge on any atom is 0.169 e. The van der Waals surface area contributed by atoms with Gasteiger partial charge in [0, 0.05) is 11.6 Å². The monoisotopic (exact) mass is 370 g/mol. The van der Waals surface area contributed by atoms with Gasteiger partial charge < -0.3 is 10.1 Å². The highest BCUT2D eigenvalue weighted by Crippen LogP contribution is 2.61. The molecular formula is C21H23ClN2O2. The number of hydrogen-bond acceptors (Lipinski definition) is 4. The predicted octanol–water partition coefficient (Wildman–Crippen LogP) is 5.48. The summed E-state index contributed by atoms with van der Waals surface area (Å²) in [5.41, 5.74) is 0.249. The van der Waals surface area contributed by atoms with Crippen molar-refractivity contribution in [2.75, 3.05) is 11.9 Å². The molecule has 2 aliphatic rings. The van der Waals surface area contributed by atoms with Crippen LogP contribution >= 0.6 is 11.6 Å². The Morgan fingerprint density at radius 1 is 1.15 bits per heavy atom. The summed E-state index contributed by atoms with van der Waals surface area (Å²) in [6.45, 7) is 2.60. The molecule has 2 fully saturated rings. The Kier molecular flexibility index (Phi) is 4.39. The van der Waals surface area contributed by atoms with Crippen LogP contribution in [0.5, 0.6) is 11.5 Å². The Labute approximate surface area is 158 Å². The van der Waals surface area contributed by atoms with Crippen molar-refractivity contribution >= 4 is 23.2 Å². The quantitative estimate of drug-likeness (QED) is 0.731. The number of rotatable bonds is 6. The summed E-state index contributed by atoms with van der Waals surface area (Å²) in [7, 11) is 0. The average Bonchev–Trinajstić information content (AvgIpc) is 3.17. The van der Waals surface area contributed by atoms with Crippen LogP contribution in [-0.4, -0.2) is 17.3 Å². The SMILES string of the molecule is CC12CCC(C(=O)CNc3ncccc3Oc3ccccc3Cl)(CC1)C2. The molecule has 0 spiro atoms. The molecule has 0 unspecified atom stereocenters. The number of nitrogens with one attached hydrogen (secondary N) is 1. The molecular weight excluding hydrogens is 348 g/mol.